The van der Waals surface area contributed by atoms with Crippen LogP contribution in [0.3, 0.4) is 0 Å². The lowest BCUT2D eigenvalue weighted by molar-refractivity contribution is -0.146. The number of aromatic amines is 1. The van der Waals surface area contributed by atoms with Crippen LogP contribution in [0.1, 0.15) is 35.3 Å². The Labute approximate surface area is 222 Å². The van der Waals surface area contributed by atoms with E-state index in [0.29, 0.717) is 24.2 Å². The molecule has 3 aromatic rings. The van der Waals surface area contributed by atoms with Gasteiger partial charge in [-0.1, -0.05) is 0 Å². The first kappa shape index (κ1) is 28.9. The van der Waals surface area contributed by atoms with E-state index in [1.165, 1.54) is 18.3 Å². The third-order valence-corrected chi connectivity index (χ3v) is 6.16. The molecular formula is C24H31N9O6. The molecule has 0 saturated heterocycles. The van der Waals surface area contributed by atoms with Crippen LogP contribution in [0.15, 0.2) is 35.3 Å². The summed E-state index contributed by atoms with van der Waals surface area (Å²) in [6, 6.07) is 4.76. The van der Waals surface area contributed by atoms with Crippen molar-refractivity contribution in [3.63, 3.8) is 0 Å². The monoisotopic (exact) mass is 541 g/mol. The van der Waals surface area contributed by atoms with E-state index in [1.807, 2.05) is 0 Å². The van der Waals surface area contributed by atoms with Gasteiger partial charge < -0.3 is 38.0 Å². The molecule has 0 aliphatic carbocycles. The molecule has 0 bridgehead atoms. The number of carboxylic acids is 2. The summed E-state index contributed by atoms with van der Waals surface area (Å²) < 4.78 is 0. The lowest BCUT2D eigenvalue weighted by atomic mass is 9.82. The van der Waals surface area contributed by atoms with Crippen molar-refractivity contribution in [1.29, 1.82) is 0 Å². The molecule has 0 fully saturated rings. The number of rotatable bonds is 14. The number of carbonyl (C=O) groups is 3. The molecule has 15 nitrogen and oxygen atoms in total. The summed E-state index contributed by atoms with van der Waals surface area (Å²) in [5, 5.41) is 24.8. The largest absolute Gasteiger partial charge is 0.481 e. The lowest BCUT2D eigenvalue weighted by Crippen LogP contribution is -2.44. The van der Waals surface area contributed by atoms with Crippen LogP contribution in [-0.2, 0) is 16.1 Å². The molecule has 0 radical (unpaired) electrons. The molecule has 0 aliphatic rings. The first-order valence-corrected chi connectivity index (χ1v) is 12.1. The maximum absolute atomic E-state index is 12.8. The van der Waals surface area contributed by atoms with Crippen molar-refractivity contribution in [1.82, 2.24) is 25.3 Å². The number of nitrogens with two attached hydrogens (primary N) is 3. The summed E-state index contributed by atoms with van der Waals surface area (Å²) in [5.74, 6) is -4.69. The summed E-state index contributed by atoms with van der Waals surface area (Å²) in [5.41, 5.74) is 17.6. The molecule has 39 heavy (non-hydrogen) atoms. The Kier molecular flexibility index (Phi) is 9.83. The lowest BCUT2D eigenvalue weighted by Gasteiger charge is -2.26. The molecule has 0 spiro atoms. The minimum atomic E-state index is -1.42. The number of H-pyrrole nitrogens is 1. The highest BCUT2D eigenvalue weighted by Crippen LogP contribution is 2.25. The van der Waals surface area contributed by atoms with Crippen molar-refractivity contribution >= 4 is 40.6 Å². The van der Waals surface area contributed by atoms with Crippen molar-refractivity contribution in [2.45, 2.75) is 31.8 Å². The molecule has 15 heteroatoms. The number of hydrogen-bond donors (Lipinski definition) is 8. The van der Waals surface area contributed by atoms with Gasteiger partial charge in [-0.15, -0.1) is 0 Å². The van der Waals surface area contributed by atoms with E-state index in [1.54, 1.807) is 12.1 Å². The fourth-order valence-corrected chi connectivity index (χ4v) is 4.17. The van der Waals surface area contributed by atoms with Crippen molar-refractivity contribution in [2.75, 3.05) is 24.1 Å². The molecule has 2 unspecified atom stereocenters. The number of fused-ring (bicyclic) bond motifs is 1. The molecule has 0 aliphatic heterocycles. The number of amides is 1. The summed E-state index contributed by atoms with van der Waals surface area (Å²) in [4.78, 5) is 63.1. The number of nitrogen functional groups attached to an aromatic ring is 1. The van der Waals surface area contributed by atoms with E-state index in [2.05, 4.69) is 30.6 Å². The molecule has 0 saturated carbocycles. The van der Waals surface area contributed by atoms with Crippen LogP contribution < -0.4 is 33.4 Å². The summed E-state index contributed by atoms with van der Waals surface area (Å²) in [6.07, 6.45) is 1.88. The van der Waals surface area contributed by atoms with Crippen molar-refractivity contribution in [2.24, 2.45) is 23.3 Å². The Hall–Kier alpha value is -4.63. The second-order valence-corrected chi connectivity index (χ2v) is 8.88. The van der Waals surface area contributed by atoms with Gasteiger partial charge in [0.1, 0.15) is 6.04 Å². The van der Waals surface area contributed by atoms with Crippen LogP contribution >= 0.6 is 0 Å². The molecular weight excluding hydrogens is 510 g/mol. The van der Waals surface area contributed by atoms with E-state index in [4.69, 9.17) is 17.2 Å². The van der Waals surface area contributed by atoms with Gasteiger partial charge in [-0.3, -0.25) is 19.4 Å². The molecule has 1 amide bonds. The highest BCUT2D eigenvalue weighted by molar-refractivity contribution is 5.97. The number of aliphatic carboxylic acids is 2. The first-order chi connectivity index (χ1) is 18.6. The Balaban J connectivity index is 1.65. The number of anilines is 2. The van der Waals surface area contributed by atoms with Crippen LogP contribution in [0.2, 0.25) is 0 Å². The van der Waals surface area contributed by atoms with Crippen LogP contribution in [0, 0.1) is 11.8 Å². The minimum Gasteiger partial charge on any atom is -0.481 e. The van der Waals surface area contributed by atoms with E-state index >= 15 is 0 Å². The Morgan fingerprint density at radius 3 is 2.26 bits per heavy atom. The predicted octanol–water partition coefficient (Wildman–Crippen LogP) is -0.505. The van der Waals surface area contributed by atoms with Gasteiger partial charge in [0.25, 0.3) is 11.5 Å². The standard InChI is InChI=1S/C24H31N9O6/c25-7-5-12(6-8-26)16(22(36)37)9-17(23(38)39)31-20(34)13-1-3-14(4-2-13)28-10-15-11-29-19-18(30-15)21(35)33-24(27)32-19/h1-4,11-12,16-17,28H,5-10,25-26H2,(H,31,34)(H,36,37)(H,38,39)(H3,27,29,32,33,35). The normalized spacial score (nSPS) is 12.7. The van der Waals surface area contributed by atoms with Crippen molar-refractivity contribution < 1.29 is 24.6 Å². The van der Waals surface area contributed by atoms with Crippen LogP contribution in [-0.4, -0.2) is 67.1 Å². The fourth-order valence-electron chi connectivity index (χ4n) is 4.17. The maximum atomic E-state index is 12.8. The zero-order chi connectivity index (χ0) is 28.5. The Morgan fingerprint density at radius 2 is 1.67 bits per heavy atom. The molecule has 11 N–H and O–H groups in total. The number of hydrogen-bond acceptors (Lipinski definition) is 11. The average Bonchev–Trinajstić information content (AvgIpc) is 2.89. The van der Waals surface area contributed by atoms with Gasteiger partial charge in [-0.2, -0.15) is 4.98 Å². The van der Waals surface area contributed by atoms with Gasteiger partial charge >= 0.3 is 11.9 Å². The van der Waals surface area contributed by atoms with Crippen LogP contribution in [0.25, 0.3) is 11.2 Å². The van der Waals surface area contributed by atoms with Crippen molar-refractivity contribution in [3.05, 3.63) is 52.1 Å². The number of carboxylic acid groups (broad SMARTS) is 2. The molecule has 208 valence electrons. The number of benzene rings is 1. The second kappa shape index (κ2) is 13.3. The van der Waals surface area contributed by atoms with Crippen LogP contribution in [0.5, 0.6) is 0 Å². The molecule has 2 atom stereocenters. The quantitative estimate of drug-likeness (QED) is 0.128. The third kappa shape index (κ3) is 7.68. The topological polar surface area (TPSA) is 265 Å². The van der Waals surface area contributed by atoms with E-state index in [0.717, 1.165) is 0 Å². The highest BCUT2D eigenvalue weighted by Gasteiger charge is 2.33. The van der Waals surface area contributed by atoms with Gasteiger partial charge in [0.15, 0.2) is 11.2 Å². The SMILES string of the molecule is NCCC(CCN)C(CC(NC(=O)c1ccc(NCc2cnc3nc(N)[nH]c(=O)c3n2)cc1)C(=O)O)C(=O)O. The van der Waals surface area contributed by atoms with Crippen molar-refractivity contribution in [3.8, 4) is 0 Å². The maximum Gasteiger partial charge on any atom is 0.326 e. The highest BCUT2D eigenvalue weighted by atomic mass is 16.4. The summed E-state index contributed by atoms with van der Waals surface area (Å²) >= 11 is 0. The number of nitrogens with zero attached hydrogens (tertiary/aromatic N) is 3. The number of carbonyl (C=O) groups excluding carboxylic acids is 1. The minimum absolute atomic E-state index is 0.0472. The smallest absolute Gasteiger partial charge is 0.326 e. The molecule has 2 aromatic heterocycles. The summed E-state index contributed by atoms with van der Waals surface area (Å²) in [7, 11) is 0. The zero-order valence-electron chi connectivity index (χ0n) is 21.0. The second-order valence-electron chi connectivity index (χ2n) is 8.88. The number of nitrogens with one attached hydrogen (secondary N) is 3. The van der Waals surface area contributed by atoms with E-state index in [-0.39, 0.29) is 48.7 Å². The zero-order valence-corrected chi connectivity index (χ0v) is 21.0. The fraction of sp³-hybridized carbons (Fsp3) is 0.375. The first-order valence-electron chi connectivity index (χ1n) is 12.1. The van der Waals surface area contributed by atoms with Gasteiger partial charge in [-0.25, -0.2) is 14.8 Å². The third-order valence-electron chi connectivity index (χ3n) is 6.16. The number of aromatic nitrogens is 4. The Bertz CT molecular complexity index is 1370. The molecule has 1 aromatic carbocycles. The Morgan fingerprint density at radius 1 is 1.00 bits per heavy atom. The average molecular weight is 542 g/mol. The van der Waals surface area contributed by atoms with E-state index in [9.17, 15) is 29.4 Å². The van der Waals surface area contributed by atoms with E-state index < -0.39 is 41.3 Å². The van der Waals surface area contributed by atoms with Gasteiger partial charge in [0.05, 0.1) is 24.4 Å². The summed E-state index contributed by atoms with van der Waals surface area (Å²) in [6.45, 7) is 0.677. The predicted molar refractivity (Wildman–Crippen MR) is 142 cm³/mol. The molecule has 3 rings (SSSR count). The van der Waals surface area contributed by atoms with Gasteiger partial charge in [0.2, 0.25) is 5.95 Å². The van der Waals surface area contributed by atoms with Gasteiger partial charge in [-0.05, 0) is 62.5 Å². The molecule has 2 heterocycles. The van der Waals surface area contributed by atoms with Crippen LogP contribution in [0.4, 0.5) is 11.6 Å². The van der Waals surface area contributed by atoms with Gasteiger partial charge in [0, 0.05) is 11.3 Å².